The van der Waals surface area contributed by atoms with Crippen molar-refractivity contribution in [2.45, 2.75) is 103 Å². The number of benzene rings is 4. The van der Waals surface area contributed by atoms with Gasteiger partial charge in [0.1, 0.15) is 0 Å². The topological polar surface area (TPSA) is 0 Å². The second kappa shape index (κ2) is 33.5. The van der Waals surface area contributed by atoms with Gasteiger partial charge >= 0.3 is 0 Å². The molecule has 0 bridgehead atoms. The summed E-state index contributed by atoms with van der Waals surface area (Å²) in [6.07, 6.45) is 17.0. The van der Waals surface area contributed by atoms with E-state index in [1.54, 1.807) is 0 Å². The molecule has 0 radical (unpaired) electrons. The van der Waals surface area contributed by atoms with Crippen molar-refractivity contribution in [1.82, 2.24) is 0 Å². The molecule has 0 fully saturated rings. The van der Waals surface area contributed by atoms with Crippen LogP contribution in [0.15, 0.2) is 163 Å². The molecule has 0 spiro atoms. The van der Waals surface area contributed by atoms with Gasteiger partial charge in [0.05, 0.1) is 0 Å². The van der Waals surface area contributed by atoms with E-state index >= 15 is 0 Å². The lowest BCUT2D eigenvalue weighted by Crippen LogP contribution is -1.76. The number of hydrogen-bond donors (Lipinski definition) is 0. The summed E-state index contributed by atoms with van der Waals surface area (Å²) >= 11 is 0. The summed E-state index contributed by atoms with van der Waals surface area (Å²) in [5, 5.41) is 0. The zero-order chi connectivity index (χ0) is 36.6. The van der Waals surface area contributed by atoms with Gasteiger partial charge in [0.15, 0.2) is 0 Å². The van der Waals surface area contributed by atoms with Gasteiger partial charge in [0.2, 0.25) is 0 Å². The van der Waals surface area contributed by atoms with E-state index in [0.29, 0.717) is 0 Å². The van der Waals surface area contributed by atoms with E-state index < -0.39 is 0 Å². The van der Waals surface area contributed by atoms with Gasteiger partial charge in [-0.05, 0) is 82.1 Å². The van der Waals surface area contributed by atoms with Gasteiger partial charge in [0, 0.05) is 0 Å². The second-order valence-corrected chi connectivity index (χ2v) is 11.7. The van der Waals surface area contributed by atoms with Gasteiger partial charge in [-0.3, -0.25) is 0 Å². The molecule has 0 saturated carbocycles. The van der Waals surface area contributed by atoms with Crippen molar-refractivity contribution in [1.29, 1.82) is 0 Å². The van der Waals surface area contributed by atoms with Crippen molar-refractivity contribution in [3.63, 3.8) is 0 Å². The highest BCUT2D eigenvalue weighted by Gasteiger charge is 1.86. The highest BCUT2D eigenvalue weighted by atomic mass is 13.9. The van der Waals surface area contributed by atoms with Crippen LogP contribution in [0, 0.1) is 48.5 Å². The zero-order valence-corrected chi connectivity index (χ0v) is 32.5. The molecule has 0 aliphatic heterocycles. The number of aryl methyl sites for hydroxylation is 7. The Bertz CT molecular complexity index is 1340. The first-order valence-corrected chi connectivity index (χ1v) is 17.3. The predicted octanol–water partition coefficient (Wildman–Crippen LogP) is 15.5. The third-order valence-corrected chi connectivity index (χ3v) is 6.60. The first kappa shape index (κ1) is 49.0. The van der Waals surface area contributed by atoms with Crippen molar-refractivity contribution < 1.29 is 0 Å². The monoisotopic (exact) mass is 659 g/mol. The van der Waals surface area contributed by atoms with Crippen molar-refractivity contribution in [3.8, 4) is 0 Å². The minimum atomic E-state index is 0. The molecular formula is C49H70. The summed E-state index contributed by atoms with van der Waals surface area (Å²) in [6.45, 7) is 28.4. The van der Waals surface area contributed by atoms with Gasteiger partial charge < -0.3 is 0 Å². The van der Waals surface area contributed by atoms with Gasteiger partial charge in [-0.2, -0.15) is 0 Å². The van der Waals surface area contributed by atoms with Crippen LogP contribution >= 0.6 is 0 Å². The van der Waals surface area contributed by atoms with Crippen molar-refractivity contribution in [2.24, 2.45) is 0 Å². The van der Waals surface area contributed by atoms with E-state index in [-0.39, 0.29) is 7.43 Å². The summed E-state index contributed by atoms with van der Waals surface area (Å²) in [4.78, 5) is 0. The van der Waals surface area contributed by atoms with E-state index in [2.05, 4.69) is 165 Å². The quantitative estimate of drug-likeness (QED) is 0.188. The van der Waals surface area contributed by atoms with Crippen LogP contribution in [0.5, 0.6) is 0 Å². The molecule has 0 atom stereocenters. The average Bonchev–Trinajstić information content (AvgIpc) is 3.09. The number of hydrogen-bond acceptors (Lipinski definition) is 0. The van der Waals surface area contributed by atoms with Crippen LogP contribution in [0.2, 0.25) is 0 Å². The van der Waals surface area contributed by atoms with E-state index in [9.17, 15) is 0 Å². The van der Waals surface area contributed by atoms with Crippen LogP contribution in [0.25, 0.3) is 0 Å². The Balaban J connectivity index is -0.000000511. The minimum absolute atomic E-state index is 0. The zero-order valence-electron chi connectivity index (χ0n) is 32.5. The number of allylic oxidation sites excluding steroid dienone is 9. The Labute approximate surface area is 304 Å². The molecule has 1 aliphatic carbocycles. The summed E-state index contributed by atoms with van der Waals surface area (Å²) in [5.74, 6) is 0. The van der Waals surface area contributed by atoms with Crippen LogP contribution in [0.4, 0.5) is 0 Å². The summed E-state index contributed by atoms with van der Waals surface area (Å²) < 4.78 is 0. The molecule has 0 heterocycles. The van der Waals surface area contributed by atoms with Crippen molar-refractivity contribution in [2.75, 3.05) is 0 Å². The molecule has 0 nitrogen and oxygen atoms in total. The van der Waals surface area contributed by atoms with Crippen LogP contribution in [-0.2, 0) is 0 Å². The molecule has 5 rings (SSSR count). The van der Waals surface area contributed by atoms with Gasteiger partial charge in [0.25, 0.3) is 0 Å². The maximum atomic E-state index is 3.61. The van der Waals surface area contributed by atoms with Crippen LogP contribution in [0.3, 0.4) is 0 Å². The molecule has 1 aliphatic rings. The van der Waals surface area contributed by atoms with E-state index in [0.717, 1.165) is 0 Å². The molecule has 49 heavy (non-hydrogen) atoms. The Kier molecular flexibility index (Phi) is 33.5. The van der Waals surface area contributed by atoms with Gasteiger partial charge in [-0.1, -0.05) is 224 Å². The first-order chi connectivity index (χ1) is 23.0. The normalized spacial score (nSPS) is 10.7. The molecule has 0 unspecified atom stereocenters. The fourth-order valence-electron chi connectivity index (χ4n) is 3.68. The van der Waals surface area contributed by atoms with Crippen molar-refractivity contribution >= 4 is 0 Å². The Morgan fingerprint density at radius 2 is 0.939 bits per heavy atom. The highest BCUT2D eigenvalue weighted by molar-refractivity contribution is 5.22. The smallest absolute Gasteiger partial charge is 0.0310 e. The van der Waals surface area contributed by atoms with Crippen molar-refractivity contribution in [3.05, 3.63) is 202 Å². The molecule has 266 valence electrons. The third kappa shape index (κ3) is 33.3. The molecule has 0 aromatic heterocycles. The molecular weight excluding hydrogens is 589 g/mol. The second-order valence-electron chi connectivity index (χ2n) is 11.7. The molecule has 4 aromatic carbocycles. The fraction of sp³-hybridized carbons (Fsp3) is 0.306. The fourth-order valence-corrected chi connectivity index (χ4v) is 3.68. The SMILES string of the molecule is C.C=C/C(C)=C\C=C/C.CC.CC1=CCCC=C1.Cc1ccc(C)cc1.Cc1ccc(C)cc1.Cc1cccc(C)c1.Cc1ccccc1. The molecule has 0 amide bonds. The molecule has 0 saturated heterocycles. The summed E-state index contributed by atoms with van der Waals surface area (Å²) in [6, 6.07) is 35.7. The lowest BCUT2D eigenvalue weighted by molar-refractivity contribution is 1.02. The Hall–Kier alpha value is -4.42. The first-order valence-electron chi connectivity index (χ1n) is 17.3. The third-order valence-electron chi connectivity index (χ3n) is 6.60. The van der Waals surface area contributed by atoms with E-state index in [4.69, 9.17) is 0 Å². The predicted molar refractivity (Wildman–Crippen MR) is 228 cm³/mol. The standard InChI is InChI=1S/3C8H10.C8H12.C7H10.C7H8.C2H6.CH4/c2*1-7-3-5-8(2)6-4-7;1-7-4-3-5-8(2)6-7;1-4-6-7-8(3)5-2;2*1-7-5-3-2-4-6-7;1-2;/h3*3-6H,1-2H3;4-7H,2H2,1,3H3;3,5-6H,2,4H2,1H3;2-6H,1H3;1-2H3;1H4/b;;;6-4-,8-7-;;;;. The van der Waals surface area contributed by atoms with Gasteiger partial charge in [-0.15, -0.1) is 0 Å². The van der Waals surface area contributed by atoms with Gasteiger partial charge in [-0.25, -0.2) is 0 Å². The summed E-state index contributed by atoms with van der Waals surface area (Å²) in [5.41, 5.74) is 11.9. The van der Waals surface area contributed by atoms with Crippen LogP contribution in [-0.4, -0.2) is 0 Å². The summed E-state index contributed by atoms with van der Waals surface area (Å²) in [7, 11) is 0. The average molecular weight is 659 g/mol. The van der Waals surface area contributed by atoms with Crippen LogP contribution in [0.1, 0.15) is 93.8 Å². The Morgan fingerprint density at radius 3 is 1.16 bits per heavy atom. The lowest BCUT2D eigenvalue weighted by atomic mass is 10.1. The largest absolute Gasteiger partial charge is 0.0988 e. The maximum Gasteiger partial charge on any atom is -0.0310 e. The molecule has 0 heteroatoms. The molecule has 0 N–H and O–H groups in total. The highest BCUT2D eigenvalue weighted by Crippen LogP contribution is 2.07. The number of rotatable bonds is 2. The minimum Gasteiger partial charge on any atom is -0.0988 e. The Morgan fingerprint density at radius 1 is 0.551 bits per heavy atom. The maximum absolute atomic E-state index is 3.61. The lowest BCUT2D eigenvalue weighted by Gasteiger charge is -1.96. The van der Waals surface area contributed by atoms with E-state index in [1.165, 1.54) is 62.9 Å². The van der Waals surface area contributed by atoms with E-state index in [1.807, 2.05) is 70.2 Å². The molecule has 4 aromatic rings. The van der Waals surface area contributed by atoms with Crippen LogP contribution < -0.4 is 0 Å².